The molecule has 1 rings (SSSR count). The predicted octanol–water partition coefficient (Wildman–Crippen LogP) is 1.72. The van der Waals surface area contributed by atoms with Gasteiger partial charge in [-0.1, -0.05) is 23.2 Å². The molecule has 1 amide bonds. The predicted molar refractivity (Wildman–Crippen MR) is 51.9 cm³/mol. The molecule has 0 bridgehead atoms. The Morgan fingerprint density at radius 2 is 2.23 bits per heavy atom. The molecule has 13 heavy (non-hydrogen) atoms. The maximum Gasteiger partial charge on any atom is 0.222 e. The molecule has 5 heteroatoms. The van der Waals surface area contributed by atoms with Gasteiger partial charge < -0.3 is 5.73 Å². The van der Waals surface area contributed by atoms with E-state index in [1.165, 1.54) is 0 Å². The van der Waals surface area contributed by atoms with Gasteiger partial charge in [-0.25, -0.2) is 4.98 Å². The molecule has 0 unspecified atom stereocenters. The molecule has 0 saturated heterocycles. The number of hydrogen-bond donors (Lipinski definition) is 1. The van der Waals surface area contributed by atoms with Crippen LogP contribution in [0, 0.1) is 6.92 Å². The smallest absolute Gasteiger partial charge is 0.222 e. The van der Waals surface area contributed by atoms with E-state index in [1.807, 2.05) is 0 Å². The molecule has 0 spiro atoms. The fourth-order valence-electron chi connectivity index (χ4n) is 0.955. The fourth-order valence-corrected chi connectivity index (χ4v) is 1.62. The third-order valence-electron chi connectivity index (χ3n) is 1.50. The van der Waals surface area contributed by atoms with Gasteiger partial charge in [0.2, 0.25) is 5.91 Å². The third-order valence-corrected chi connectivity index (χ3v) is 2.15. The van der Waals surface area contributed by atoms with Crippen LogP contribution in [0.4, 0.5) is 0 Å². The van der Waals surface area contributed by atoms with Crippen molar-refractivity contribution in [2.45, 2.75) is 13.3 Å². The van der Waals surface area contributed by atoms with Crippen LogP contribution in [0.5, 0.6) is 0 Å². The standard InChI is InChI=1S/C8H8Cl2N2O/c1-4-2-6(9)5(3-7(11)13)8(10)12-4/h2H,3H2,1H3,(H2,11,13). The van der Waals surface area contributed by atoms with E-state index in [0.717, 1.165) is 0 Å². The van der Waals surface area contributed by atoms with E-state index in [4.69, 9.17) is 28.9 Å². The van der Waals surface area contributed by atoms with Gasteiger partial charge in [0, 0.05) is 16.3 Å². The van der Waals surface area contributed by atoms with Crippen molar-refractivity contribution in [2.24, 2.45) is 5.73 Å². The Bertz CT molecular complexity index is 329. The first-order valence-corrected chi connectivity index (χ1v) is 4.36. The Morgan fingerprint density at radius 1 is 1.62 bits per heavy atom. The first-order valence-electron chi connectivity index (χ1n) is 3.60. The molecule has 1 heterocycles. The van der Waals surface area contributed by atoms with Crippen LogP contribution >= 0.6 is 23.2 Å². The minimum atomic E-state index is -0.477. The van der Waals surface area contributed by atoms with Gasteiger partial charge in [0.1, 0.15) is 5.15 Å². The van der Waals surface area contributed by atoms with Crippen LogP contribution in [0.15, 0.2) is 6.07 Å². The van der Waals surface area contributed by atoms with Crippen LogP contribution in [0.3, 0.4) is 0 Å². The molecule has 0 atom stereocenters. The Hall–Kier alpha value is -0.800. The van der Waals surface area contributed by atoms with Crippen LogP contribution in [0.2, 0.25) is 10.2 Å². The number of carbonyl (C=O) groups excluding carboxylic acids is 1. The Balaban J connectivity index is 3.13. The lowest BCUT2D eigenvalue weighted by molar-refractivity contribution is -0.117. The molecule has 0 aliphatic rings. The van der Waals surface area contributed by atoms with E-state index in [2.05, 4.69) is 4.98 Å². The Morgan fingerprint density at radius 3 is 2.69 bits per heavy atom. The highest BCUT2D eigenvalue weighted by molar-refractivity contribution is 6.35. The average Bonchev–Trinajstić information content (AvgIpc) is 1.96. The van der Waals surface area contributed by atoms with Crippen LogP contribution in [-0.4, -0.2) is 10.9 Å². The molecule has 0 aromatic carbocycles. The van der Waals surface area contributed by atoms with Crippen molar-refractivity contribution >= 4 is 29.1 Å². The van der Waals surface area contributed by atoms with E-state index in [9.17, 15) is 4.79 Å². The number of pyridine rings is 1. The zero-order valence-corrected chi connectivity index (χ0v) is 8.49. The van der Waals surface area contributed by atoms with E-state index >= 15 is 0 Å². The number of aryl methyl sites for hydroxylation is 1. The number of nitrogens with two attached hydrogens (primary N) is 1. The van der Waals surface area contributed by atoms with Crippen molar-refractivity contribution < 1.29 is 4.79 Å². The number of primary amides is 1. The lowest BCUT2D eigenvalue weighted by Gasteiger charge is -2.04. The van der Waals surface area contributed by atoms with Crippen molar-refractivity contribution in [3.05, 3.63) is 27.5 Å². The topological polar surface area (TPSA) is 56.0 Å². The molecule has 1 aromatic rings. The Kier molecular flexibility index (Phi) is 3.12. The molecular formula is C8H8Cl2N2O. The lowest BCUT2D eigenvalue weighted by Crippen LogP contribution is -2.14. The summed E-state index contributed by atoms with van der Waals surface area (Å²) in [5, 5.41) is 0.667. The number of hydrogen-bond acceptors (Lipinski definition) is 2. The van der Waals surface area contributed by atoms with E-state index in [0.29, 0.717) is 16.3 Å². The monoisotopic (exact) mass is 218 g/mol. The van der Waals surface area contributed by atoms with Crippen molar-refractivity contribution in [3.63, 3.8) is 0 Å². The second-order valence-corrected chi connectivity index (χ2v) is 3.42. The van der Waals surface area contributed by atoms with Crippen molar-refractivity contribution in [1.82, 2.24) is 4.98 Å². The first-order chi connectivity index (χ1) is 6.00. The molecule has 0 aliphatic heterocycles. The summed E-state index contributed by atoms with van der Waals surface area (Å²) >= 11 is 11.6. The number of carbonyl (C=O) groups is 1. The van der Waals surface area contributed by atoms with Gasteiger partial charge in [-0.05, 0) is 13.0 Å². The van der Waals surface area contributed by atoms with Crippen molar-refractivity contribution in [1.29, 1.82) is 0 Å². The number of nitrogens with zero attached hydrogens (tertiary/aromatic N) is 1. The number of halogens is 2. The van der Waals surface area contributed by atoms with Crippen LogP contribution in [0.25, 0.3) is 0 Å². The molecule has 0 saturated carbocycles. The van der Waals surface area contributed by atoms with Crippen LogP contribution in [0.1, 0.15) is 11.3 Å². The van der Waals surface area contributed by atoms with Crippen LogP contribution in [-0.2, 0) is 11.2 Å². The summed E-state index contributed by atoms with van der Waals surface area (Å²) in [6.07, 6.45) is 0.0188. The molecule has 0 aliphatic carbocycles. The van der Waals surface area contributed by atoms with Gasteiger partial charge in [0.15, 0.2) is 0 Å². The highest BCUT2D eigenvalue weighted by Gasteiger charge is 2.10. The maximum absolute atomic E-state index is 10.6. The summed E-state index contributed by atoms with van der Waals surface area (Å²) in [6, 6.07) is 1.64. The second kappa shape index (κ2) is 3.94. The summed E-state index contributed by atoms with van der Waals surface area (Å²) in [5.74, 6) is -0.477. The molecule has 70 valence electrons. The van der Waals surface area contributed by atoms with Gasteiger partial charge >= 0.3 is 0 Å². The van der Waals surface area contributed by atoms with E-state index in [-0.39, 0.29) is 11.6 Å². The minimum absolute atomic E-state index is 0.0188. The van der Waals surface area contributed by atoms with Crippen molar-refractivity contribution in [2.75, 3.05) is 0 Å². The first kappa shape index (κ1) is 10.3. The molecule has 3 nitrogen and oxygen atoms in total. The molecule has 2 N–H and O–H groups in total. The number of amides is 1. The molecule has 0 fully saturated rings. The zero-order valence-electron chi connectivity index (χ0n) is 6.97. The van der Waals surface area contributed by atoms with Crippen molar-refractivity contribution in [3.8, 4) is 0 Å². The SMILES string of the molecule is Cc1cc(Cl)c(CC(N)=O)c(Cl)n1. The largest absolute Gasteiger partial charge is 0.369 e. The quantitative estimate of drug-likeness (QED) is 0.770. The summed E-state index contributed by atoms with van der Waals surface area (Å²) in [4.78, 5) is 14.6. The van der Waals surface area contributed by atoms with Gasteiger partial charge in [-0.2, -0.15) is 0 Å². The fraction of sp³-hybridized carbons (Fsp3) is 0.250. The van der Waals surface area contributed by atoms with Gasteiger partial charge in [0.05, 0.1) is 6.42 Å². The normalized spacial score (nSPS) is 10.1. The zero-order chi connectivity index (χ0) is 10.0. The Labute approximate surface area is 85.9 Å². The highest BCUT2D eigenvalue weighted by atomic mass is 35.5. The maximum atomic E-state index is 10.6. The lowest BCUT2D eigenvalue weighted by atomic mass is 10.2. The van der Waals surface area contributed by atoms with E-state index < -0.39 is 5.91 Å². The third kappa shape index (κ3) is 2.57. The number of rotatable bonds is 2. The minimum Gasteiger partial charge on any atom is -0.369 e. The molecular weight excluding hydrogens is 211 g/mol. The van der Waals surface area contributed by atoms with E-state index in [1.54, 1.807) is 13.0 Å². The second-order valence-electron chi connectivity index (χ2n) is 2.66. The average molecular weight is 219 g/mol. The molecule has 1 aromatic heterocycles. The van der Waals surface area contributed by atoms with Gasteiger partial charge in [-0.3, -0.25) is 4.79 Å². The highest BCUT2D eigenvalue weighted by Crippen LogP contribution is 2.23. The van der Waals surface area contributed by atoms with Gasteiger partial charge in [-0.15, -0.1) is 0 Å². The summed E-state index contributed by atoms with van der Waals surface area (Å²) in [7, 11) is 0. The summed E-state index contributed by atoms with van der Waals surface area (Å²) < 4.78 is 0. The summed E-state index contributed by atoms with van der Waals surface area (Å²) in [5.41, 5.74) is 6.22. The van der Waals surface area contributed by atoms with Gasteiger partial charge in [0.25, 0.3) is 0 Å². The summed E-state index contributed by atoms with van der Waals surface area (Å²) in [6.45, 7) is 1.77. The van der Waals surface area contributed by atoms with Crippen LogP contribution < -0.4 is 5.73 Å². The molecule has 0 radical (unpaired) electrons. The number of aromatic nitrogens is 1.